The van der Waals surface area contributed by atoms with Crippen LogP contribution in [0, 0.1) is 0 Å². The second-order valence-corrected chi connectivity index (χ2v) is 6.82. The normalized spacial score (nSPS) is 18.7. The van der Waals surface area contributed by atoms with Crippen molar-refractivity contribution in [2.24, 2.45) is 0 Å². The summed E-state index contributed by atoms with van der Waals surface area (Å²) in [4.78, 5) is 37.9. The first kappa shape index (κ1) is 18.0. The molecule has 1 saturated heterocycles. The number of carbonyl (C=O) groups is 3. The second kappa shape index (κ2) is 7.34. The lowest BCUT2D eigenvalue weighted by Crippen LogP contribution is -2.52. The average molecular weight is 380 g/mol. The Labute approximate surface area is 162 Å². The molecule has 2 aliphatic heterocycles. The van der Waals surface area contributed by atoms with Gasteiger partial charge in [-0.05, 0) is 36.2 Å². The Hall–Kier alpha value is -3.35. The number of nitrogens with zero attached hydrogens (tertiary/aromatic N) is 1. The van der Waals surface area contributed by atoms with Gasteiger partial charge >= 0.3 is 0 Å². The van der Waals surface area contributed by atoms with Crippen LogP contribution >= 0.6 is 0 Å². The van der Waals surface area contributed by atoms with Gasteiger partial charge < -0.3 is 14.4 Å². The van der Waals surface area contributed by atoms with Gasteiger partial charge in [0.25, 0.3) is 5.91 Å². The van der Waals surface area contributed by atoms with Crippen LogP contribution in [0.3, 0.4) is 0 Å². The maximum Gasteiger partial charge on any atom is 0.255 e. The zero-order valence-corrected chi connectivity index (χ0v) is 15.4. The van der Waals surface area contributed by atoms with E-state index >= 15 is 0 Å². The number of nitrogens with one attached hydrogen (secondary N) is 1. The molecular formula is C21H20N2O5. The van der Waals surface area contributed by atoms with Crippen molar-refractivity contribution in [1.82, 2.24) is 10.2 Å². The Morgan fingerprint density at radius 2 is 1.96 bits per heavy atom. The van der Waals surface area contributed by atoms with Crippen molar-refractivity contribution in [2.75, 3.05) is 7.11 Å². The van der Waals surface area contributed by atoms with E-state index in [1.54, 1.807) is 19.2 Å². The molecule has 0 radical (unpaired) electrons. The molecule has 1 N–H and O–H groups in total. The molecule has 2 heterocycles. The maximum atomic E-state index is 12.8. The highest BCUT2D eigenvalue weighted by Crippen LogP contribution is 2.34. The van der Waals surface area contributed by atoms with Crippen molar-refractivity contribution in [3.8, 4) is 11.5 Å². The lowest BCUT2D eigenvalue weighted by molar-refractivity contribution is -0.136. The van der Waals surface area contributed by atoms with Crippen molar-refractivity contribution in [3.63, 3.8) is 0 Å². The molecule has 0 saturated carbocycles. The molecule has 3 amide bonds. The van der Waals surface area contributed by atoms with Crippen molar-refractivity contribution in [1.29, 1.82) is 0 Å². The summed E-state index contributed by atoms with van der Waals surface area (Å²) >= 11 is 0. The van der Waals surface area contributed by atoms with Gasteiger partial charge in [0.2, 0.25) is 11.8 Å². The Morgan fingerprint density at radius 3 is 2.75 bits per heavy atom. The smallest absolute Gasteiger partial charge is 0.255 e. The molecule has 1 unspecified atom stereocenters. The molecule has 2 aromatic carbocycles. The number of imide groups is 1. The molecule has 7 heteroatoms. The third kappa shape index (κ3) is 3.31. The van der Waals surface area contributed by atoms with Crippen LogP contribution in [-0.2, 0) is 22.7 Å². The number of hydrogen-bond acceptors (Lipinski definition) is 5. The summed E-state index contributed by atoms with van der Waals surface area (Å²) in [7, 11) is 1.61. The Kier molecular flexibility index (Phi) is 4.73. The highest BCUT2D eigenvalue weighted by atomic mass is 16.5. The van der Waals surface area contributed by atoms with Crippen molar-refractivity contribution < 1.29 is 23.9 Å². The number of ether oxygens (including phenoxy) is 2. The van der Waals surface area contributed by atoms with E-state index in [1.165, 1.54) is 4.90 Å². The number of hydrogen-bond donors (Lipinski definition) is 1. The van der Waals surface area contributed by atoms with E-state index in [4.69, 9.17) is 9.47 Å². The van der Waals surface area contributed by atoms with Crippen LogP contribution < -0.4 is 14.8 Å². The van der Waals surface area contributed by atoms with Crippen LogP contribution in [0.25, 0.3) is 0 Å². The predicted octanol–water partition coefficient (Wildman–Crippen LogP) is 2.04. The van der Waals surface area contributed by atoms with Gasteiger partial charge in [0.15, 0.2) is 0 Å². The molecule has 1 fully saturated rings. The van der Waals surface area contributed by atoms with Gasteiger partial charge in [0.1, 0.15) is 24.1 Å². The third-order valence-corrected chi connectivity index (χ3v) is 5.07. The molecule has 0 aliphatic carbocycles. The number of benzene rings is 2. The summed E-state index contributed by atoms with van der Waals surface area (Å²) in [6.07, 6.45) is 0.570. The van der Waals surface area contributed by atoms with Gasteiger partial charge in [-0.25, -0.2) is 0 Å². The standard InChI is InChI=1S/C21H20N2O5/c1-27-14-5-2-4-13(10-14)12-28-18-7-3-6-15-16(18)11-23(21(15)26)17-8-9-19(24)22-20(17)25/h2-7,10,17H,8-9,11-12H2,1H3,(H,22,24,25). The summed E-state index contributed by atoms with van der Waals surface area (Å²) in [5.41, 5.74) is 2.25. The fourth-order valence-corrected chi connectivity index (χ4v) is 3.62. The zero-order valence-electron chi connectivity index (χ0n) is 15.4. The molecule has 2 aliphatic rings. The largest absolute Gasteiger partial charge is 0.497 e. The zero-order chi connectivity index (χ0) is 19.7. The molecule has 7 nitrogen and oxygen atoms in total. The van der Waals surface area contributed by atoms with E-state index in [9.17, 15) is 14.4 Å². The van der Waals surface area contributed by atoms with Gasteiger partial charge in [0, 0.05) is 17.5 Å². The fourth-order valence-electron chi connectivity index (χ4n) is 3.62. The molecule has 0 aromatic heterocycles. The summed E-state index contributed by atoms with van der Waals surface area (Å²) in [6, 6.07) is 12.3. The topological polar surface area (TPSA) is 84.9 Å². The molecule has 1 atom stereocenters. The van der Waals surface area contributed by atoms with Gasteiger partial charge in [-0.15, -0.1) is 0 Å². The van der Waals surface area contributed by atoms with Gasteiger partial charge in [-0.1, -0.05) is 18.2 Å². The lowest BCUT2D eigenvalue weighted by atomic mass is 10.0. The number of methoxy groups -OCH3 is 1. The minimum Gasteiger partial charge on any atom is -0.497 e. The number of carbonyl (C=O) groups excluding carboxylic acids is 3. The van der Waals surface area contributed by atoms with Crippen molar-refractivity contribution in [3.05, 3.63) is 59.2 Å². The first-order valence-corrected chi connectivity index (χ1v) is 9.09. The van der Waals surface area contributed by atoms with E-state index < -0.39 is 11.9 Å². The van der Waals surface area contributed by atoms with Gasteiger partial charge in [0.05, 0.1) is 13.7 Å². The van der Waals surface area contributed by atoms with Crippen LogP contribution in [0.5, 0.6) is 11.5 Å². The summed E-state index contributed by atoms with van der Waals surface area (Å²) in [6.45, 7) is 0.620. The average Bonchev–Trinajstić information content (AvgIpc) is 3.04. The van der Waals surface area contributed by atoms with E-state index in [0.717, 1.165) is 16.9 Å². The SMILES string of the molecule is COc1cccc(COc2cccc3c2CN(C2CCC(=O)NC2=O)C3=O)c1. The minimum atomic E-state index is -0.635. The highest BCUT2D eigenvalue weighted by molar-refractivity contribution is 6.05. The molecular weight excluding hydrogens is 360 g/mol. The molecule has 28 heavy (non-hydrogen) atoms. The van der Waals surface area contributed by atoms with E-state index in [1.807, 2.05) is 30.3 Å². The number of amides is 3. The van der Waals surface area contributed by atoms with Crippen molar-refractivity contribution in [2.45, 2.75) is 32.0 Å². The van der Waals surface area contributed by atoms with Crippen LogP contribution in [0.1, 0.15) is 34.3 Å². The molecule has 4 rings (SSSR count). The van der Waals surface area contributed by atoms with E-state index in [0.29, 0.717) is 24.3 Å². The molecule has 2 aromatic rings. The predicted molar refractivity (Wildman–Crippen MR) is 99.8 cm³/mol. The Morgan fingerprint density at radius 1 is 1.14 bits per heavy atom. The fraction of sp³-hybridized carbons (Fsp3) is 0.286. The summed E-state index contributed by atoms with van der Waals surface area (Å²) < 4.78 is 11.2. The van der Waals surface area contributed by atoms with E-state index in [-0.39, 0.29) is 24.8 Å². The van der Waals surface area contributed by atoms with Gasteiger partial charge in [-0.3, -0.25) is 19.7 Å². The number of fused-ring (bicyclic) bond motifs is 1. The molecule has 0 spiro atoms. The monoisotopic (exact) mass is 380 g/mol. The summed E-state index contributed by atoms with van der Waals surface area (Å²) in [5.74, 6) is 0.433. The van der Waals surface area contributed by atoms with Crippen LogP contribution in [0.15, 0.2) is 42.5 Å². The highest BCUT2D eigenvalue weighted by Gasteiger charge is 2.40. The van der Waals surface area contributed by atoms with Crippen LogP contribution in [0.4, 0.5) is 0 Å². The number of rotatable bonds is 5. The maximum absolute atomic E-state index is 12.8. The quantitative estimate of drug-likeness (QED) is 0.803. The molecule has 144 valence electrons. The second-order valence-electron chi connectivity index (χ2n) is 6.82. The Balaban J connectivity index is 1.52. The molecule has 0 bridgehead atoms. The van der Waals surface area contributed by atoms with Crippen LogP contribution in [-0.4, -0.2) is 35.8 Å². The lowest BCUT2D eigenvalue weighted by Gasteiger charge is -2.29. The first-order valence-electron chi connectivity index (χ1n) is 9.09. The first-order chi connectivity index (χ1) is 13.6. The summed E-state index contributed by atoms with van der Waals surface area (Å²) in [5, 5.41) is 2.31. The minimum absolute atomic E-state index is 0.212. The Bertz CT molecular complexity index is 956. The van der Waals surface area contributed by atoms with Crippen LogP contribution in [0.2, 0.25) is 0 Å². The van der Waals surface area contributed by atoms with Gasteiger partial charge in [-0.2, -0.15) is 0 Å². The van der Waals surface area contributed by atoms with E-state index in [2.05, 4.69) is 5.32 Å². The van der Waals surface area contributed by atoms with Crippen molar-refractivity contribution >= 4 is 17.7 Å². The third-order valence-electron chi connectivity index (χ3n) is 5.07. The number of piperidine rings is 1.